The van der Waals surface area contributed by atoms with Gasteiger partial charge in [0.1, 0.15) is 22.7 Å². The van der Waals surface area contributed by atoms with Crippen molar-refractivity contribution in [3.63, 3.8) is 0 Å². The second-order valence-electron chi connectivity index (χ2n) is 4.96. The minimum Gasteiger partial charge on any atom is -0.496 e. The zero-order valence-electron chi connectivity index (χ0n) is 13.0. The average molecular weight is 343 g/mol. The predicted molar refractivity (Wildman–Crippen MR) is 86.7 cm³/mol. The van der Waals surface area contributed by atoms with Gasteiger partial charge in [0.2, 0.25) is 0 Å². The molecular weight excluding hydrogens is 330 g/mol. The number of nitrogens with two attached hydrogens (primary N) is 1. The van der Waals surface area contributed by atoms with E-state index in [0.29, 0.717) is 11.3 Å². The number of rotatable bonds is 5. The van der Waals surface area contributed by atoms with Crippen LogP contribution in [0, 0.1) is 11.3 Å². The molecule has 0 radical (unpaired) electrons. The normalized spacial score (nSPS) is 10.1. The number of benzene rings is 1. The number of ether oxygens (including phenoxy) is 1. The van der Waals surface area contributed by atoms with Crippen molar-refractivity contribution in [2.24, 2.45) is 0 Å². The van der Waals surface area contributed by atoms with Crippen LogP contribution >= 0.6 is 0 Å². The Bertz CT molecular complexity index is 971. The van der Waals surface area contributed by atoms with Crippen LogP contribution in [0.4, 0.5) is 5.82 Å². The Morgan fingerprint density at radius 1 is 1.28 bits per heavy atom. The lowest BCUT2D eigenvalue weighted by atomic mass is 9.93. The highest BCUT2D eigenvalue weighted by Gasteiger charge is 2.26. The van der Waals surface area contributed by atoms with Gasteiger partial charge in [-0.15, -0.1) is 0 Å². The first-order valence-corrected chi connectivity index (χ1v) is 6.88. The molecule has 2 rings (SSSR count). The Morgan fingerprint density at radius 2 is 1.92 bits per heavy atom. The number of methoxy groups -OCH3 is 1. The molecule has 25 heavy (non-hydrogen) atoms. The van der Waals surface area contributed by atoms with Gasteiger partial charge in [-0.2, -0.15) is 5.26 Å². The second kappa shape index (κ2) is 6.76. The highest BCUT2D eigenvalue weighted by molar-refractivity contribution is 6.07. The third-order valence-corrected chi connectivity index (χ3v) is 3.51. The molecule has 0 aliphatic carbocycles. The van der Waals surface area contributed by atoms with Crippen LogP contribution < -0.4 is 16.0 Å². The van der Waals surface area contributed by atoms with E-state index in [2.05, 4.69) is 0 Å². The first kappa shape index (κ1) is 17.6. The van der Waals surface area contributed by atoms with E-state index in [1.165, 1.54) is 25.3 Å². The van der Waals surface area contributed by atoms with Crippen LogP contribution in [0.2, 0.25) is 0 Å². The monoisotopic (exact) mass is 343 g/mol. The van der Waals surface area contributed by atoms with Gasteiger partial charge in [-0.25, -0.2) is 9.59 Å². The molecule has 0 fully saturated rings. The van der Waals surface area contributed by atoms with Gasteiger partial charge in [0.05, 0.1) is 19.6 Å². The zero-order valence-corrected chi connectivity index (χ0v) is 13.0. The van der Waals surface area contributed by atoms with Gasteiger partial charge in [0, 0.05) is 11.1 Å². The van der Waals surface area contributed by atoms with Crippen molar-refractivity contribution < 1.29 is 24.5 Å². The summed E-state index contributed by atoms with van der Waals surface area (Å²) in [6.45, 7) is 0. The minimum absolute atomic E-state index is 0.0551. The van der Waals surface area contributed by atoms with Crippen LogP contribution in [0.15, 0.2) is 23.0 Å². The summed E-state index contributed by atoms with van der Waals surface area (Å²) in [6.07, 6.45) is -0.0551. The fourth-order valence-corrected chi connectivity index (χ4v) is 2.49. The smallest absolute Gasteiger partial charge is 0.342 e. The molecule has 0 saturated heterocycles. The molecule has 1 aromatic carbocycles. The molecule has 2 aromatic rings. The molecule has 0 aliphatic rings. The minimum atomic E-state index is -1.60. The number of nitrogens with one attached hydrogen (secondary N) is 1. The van der Waals surface area contributed by atoms with Crippen molar-refractivity contribution in [1.82, 2.24) is 4.98 Å². The number of pyridine rings is 1. The lowest BCUT2D eigenvalue weighted by Gasteiger charge is -2.14. The third-order valence-electron chi connectivity index (χ3n) is 3.51. The Balaban J connectivity index is 2.93. The summed E-state index contributed by atoms with van der Waals surface area (Å²) < 4.78 is 5.12. The van der Waals surface area contributed by atoms with Crippen molar-refractivity contribution >= 4 is 17.8 Å². The maximum Gasteiger partial charge on any atom is 0.342 e. The van der Waals surface area contributed by atoms with Gasteiger partial charge in [0.15, 0.2) is 0 Å². The first-order chi connectivity index (χ1) is 11.8. The van der Waals surface area contributed by atoms with E-state index in [4.69, 9.17) is 15.7 Å². The highest BCUT2D eigenvalue weighted by Crippen LogP contribution is 2.32. The predicted octanol–water partition coefficient (Wildman–Crippen LogP) is 1.10. The van der Waals surface area contributed by atoms with Crippen molar-refractivity contribution in [3.05, 3.63) is 45.2 Å². The summed E-state index contributed by atoms with van der Waals surface area (Å²) in [4.78, 5) is 37.1. The zero-order chi connectivity index (χ0) is 18.7. The molecule has 1 aromatic heterocycles. The Kier molecular flexibility index (Phi) is 4.74. The number of anilines is 1. The molecule has 0 aliphatic heterocycles. The van der Waals surface area contributed by atoms with Gasteiger partial charge in [-0.05, 0) is 17.7 Å². The number of hydrogen-bond donors (Lipinski definition) is 4. The molecule has 0 saturated carbocycles. The second-order valence-corrected chi connectivity index (χ2v) is 4.96. The average Bonchev–Trinajstić information content (AvgIpc) is 2.53. The van der Waals surface area contributed by atoms with Crippen molar-refractivity contribution in [2.75, 3.05) is 12.8 Å². The van der Waals surface area contributed by atoms with Crippen molar-refractivity contribution in [3.8, 4) is 22.9 Å². The first-order valence-electron chi connectivity index (χ1n) is 6.88. The van der Waals surface area contributed by atoms with Crippen LogP contribution in [0.5, 0.6) is 5.75 Å². The van der Waals surface area contributed by atoms with Crippen LogP contribution in [-0.2, 0) is 6.42 Å². The summed E-state index contributed by atoms with van der Waals surface area (Å²) in [7, 11) is 1.40. The number of carbonyl (C=O) groups is 2. The van der Waals surface area contributed by atoms with Crippen LogP contribution in [0.25, 0.3) is 11.1 Å². The fourth-order valence-electron chi connectivity index (χ4n) is 2.49. The number of carboxylic acid groups (broad SMARTS) is 2. The molecule has 0 atom stereocenters. The largest absolute Gasteiger partial charge is 0.496 e. The van der Waals surface area contributed by atoms with Gasteiger partial charge < -0.3 is 25.7 Å². The van der Waals surface area contributed by atoms with E-state index in [1.54, 1.807) is 0 Å². The number of nitrogen functional groups attached to an aromatic ring is 1. The number of nitriles is 1. The van der Waals surface area contributed by atoms with Crippen molar-refractivity contribution in [2.45, 2.75) is 6.42 Å². The molecule has 5 N–H and O–H groups in total. The summed E-state index contributed by atoms with van der Waals surface area (Å²) in [5.41, 5.74) is 3.47. The van der Waals surface area contributed by atoms with E-state index in [-0.39, 0.29) is 17.5 Å². The summed E-state index contributed by atoms with van der Waals surface area (Å²) in [6, 6.07) is 6.18. The lowest BCUT2D eigenvalue weighted by Crippen LogP contribution is -2.24. The van der Waals surface area contributed by atoms with Crippen LogP contribution in [-0.4, -0.2) is 34.2 Å². The molecule has 0 unspecified atom stereocenters. The SMILES string of the molecule is COc1ccc(-c2c(C(=O)O)c(N)[nH]c(=O)c2C(=O)O)cc1CC#N. The lowest BCUT2D eigenvalue weighted by molar-refractivity contribution is 0.0695. The number of aromatic nitrogens is 1. The molecule has 128 valence electrons. The third kappa shape index (κ3) is 3.13. The summed E-state index contributed by atoms with van der Waals surface area (Å²) in [5, 5.41) is 27.7. The number of aromatic carboxylic acids is 2. The number of aromatic amines is 1. The Hall–Kier alpha value is -3.80. The quantitative estimate of drug-likeness (QED) is 0.626. The van der Waals surface area contributed by atoms with Crippen molar-refractivity contribution in [1.29, 1.82) is 5.26 Å². The maximum absolute atomic E-state index is 12.0. The van der Waals surface area contributed by atoms with Crippen LogP contribution in [0.1, 0.15) is 26.3 Å². The maximum atomic E-state index is 12.0. The topological polar surface area (TPSA) is 166 Å². The Morgan fingerprint density at radius 3 is 2.44 bits per heavy atom. The molecular formula is C16H13N3O6. The van der Waals surface area contributed by atoms with E-state index >= 15 is 0 Å². The van der Waals surface area contributed by atoms with Gasteiger partial charge >= 0.3 is 11.9 Å². The van der Waals surface area contributed by atoms with E-state index < -0.39 is 34.4 Å². The standard InChI is InChI=1S/C16H13N3O6/c1-25-9-3-2-8(6-7(9)4-5-17)10-11(15(21)22)13(18)19-14(20)12(10)16(23)24/h2-3,6H,4H2,1H3,(H,21,22)(H,23,24)(H3,18,19,20). The van der Waals surface area contributed by atoms with Gasteiger partial charge in [-0.1, -0.05) is 6.07 Å². The molecule has 1 heterocycles. The summed E-state index contributed by atoms with van der Waals surface area (Å²) >= 11 is 0. The molecule has 9 nitrogen and oxygen atoms in total. The number of nitrogens with zero attached hydrogens (tertiary/aromatic N) is 1. The van der Waals surface area contributed by atoms with Gasteiger partial charge in [-0.3, -0.25) is 4.79 Å². The van der Waals surface area contributed by atoms with E-state index in [1.807, 2.05) is 11.1 Å². The number of carboxylic acids is 2. The number of H-pyrrole nitrogens is 1. The molecule has 0 spiro atoms. The summed E-state index contributed by atoms with van der Waals surface area (Å²) in [5.74, 6) is -3.19. The van der Waals surface area contributed by atoms with Gasteiger partial charge in [0.25, 0.3) is 5.56 Å². The molecule has 0 amide bonds. The molecule has 9 heteroatoms. The fraction of sp³-hybridized carbons (Fsp3) is 0.125. The number of hydrogen-bond acceptors (Lipinski definition) is 6. The van der Waals surface area contributed by atoms with E-state index in [9.17, 15) is 24.6 Å². The Labute approximate surface area is 140 Å². The molecule has 0 bridgehead atoms. The highest BCUT2D eigenvalue weighted by atomic mass is 16.5. The van der Waals surface area contributed by atoms with Crippen LogP contribution in [0.3, 0.4) is 0 Å². The van der Waals surface area contributed by atoms with E-state index in [0.717, 1.165) is 0 Å².